The molecule has 0 bridgehead atoms. The molecule has 0 aromatic heterocycles. The van der Waals surface area contributed by atoms with Gasteiger partial charge in [-0.05, 0) is 59.5 Å². The minimum absolute atomic E-state index is 0.0376. The van der Waals surface area contributed by atoms with Crippen LogP contribution in [0.4, 0.5) is 0 Å². The van der Waals surface area contributed by atoms with Gasteiger partial charge in [0.05, 0.1) is 6.42 Å². The van der Waals surface area contributed by atoms with Gasteiger partial charge < -0.3 is 11.1 Å². The Morgan fingerprint density at radius 1 is 1.47 bits per heavy atom. The zero-order chi connectivity index (χ0) is 14.5. The van der Waals surface area contributed by atoms with Crippen LogP contribution in [0, 0.1) is 9.49 Å². The fourth-order valence-electron chi connectivity index (χ4n) is 2.30. The van der Waals surface area contributed by atoms with Crippen molar-refractivity contribution in [2.75, 3.05) is 6.54 Å². The molecule has 0 aliphatic rings. The summed E-state index contributed by atoms with van der Waals surface area (Å²) < 4.78 is 1.15. The molecule has 0 fully saturated rings. The van der Waals surface area contributed by atoms with E-state index in [4.69, 9.17) is 5.73 Å². The highest BCUT2D eigenvalue weighted by Gasteiger charge is 2.25. The normalized spacial score (nSPS) is 14.2. The van der Waals surface area contributed by atoms with Gasteiger partial charge in [-0.1, -0.05) is 26.0 Å². The van der Waals surface area contributed by atoms with Gasteiger partial charge in [0.15, 0.2) is 0 Å². The summed E-state index contributed by atoms with van der Waals surface area (Å²) in [5.74, 6) is 0.544. The molecule has 0 spiro atoms. The lowest BCUT2D eigenvalue weighted by Crippen LogP contribution is -2.52. The van der Waals surface area contributed by atoms with Crippen LogP contribution in [0.3, 0.4) is 0 Å². The first kappa shape index (κ1) is 16.4. The highest BCUT2D eigenvalue weighted by molar-refractivity contribution is 14.1. The molecule has 1 unspecified atom stereocenters. The lowest BCUT2D eigenvalue weighted by atomic mass is 9.90. The monoisotopic (exact) mass is 374 g/mol. The predicted octanol–water partition coefficient (Wildman–Crippen LogP) is 2.71. The van der Waals surface area contributed by atoms with Crippen molar-refractivity contribution in [3.63, 3.8) is 0 Å². The fraction of sp³-hybridized carbons (Fsp3) is 0.533. The summed E-state index contributed by atoms with van der Waals surface area (Å²) in [6.45, 7) is 6.75. The zero-order valence-electron chi connectivity index (χ0n) is 11.9. The Labute approximate surface area is 129 Å². The summed E-state index contributed by atoms with van der Waals surface area (Å²) in [5, 5.41) is 3.08. The summed E-state index contributed by atoms with van der Waals surface area (Å²) in [4.78, 5) is 12.1. The van der Waals surface area contributed by atoms with Gasteiger partial charge in [-0.3, -0.25) is 4.79 Å². The maximum Gasteiger partial charge on any atom is 0.224 e. The van der Waals surface area contributed by atoms with Gasteiger partial charge in [-0.2, -0.15) is 0 Å². The SMILES string of the molecule is CC(C)CC(C)(CN)NC(=O)Cc1cccc(I)c1. The van der Waals surface area contributed by atoms with E-state index in [9.17, 15) is 4.79 Å². The van der Waals surface area contributed by atoms with Crippen LogP contribution >= 0.6 is 22.6 Å². The average molecular weight is 374 g/mol. The Hall–Kier alpha value is -0.620. The van der Waals surface area contributed by atoms with Crippen LogP contribution in [0.1, 0.15) is 32.8 Å². The Morgan fingerprint density at radius 2 is 2.16 bits per heavy atom. The molecule has 0 aliphatic heterocycles. The molecule has 1 aromatic rings. The second-order valence-electron chi connectivity index (χ2n) is 5.72. The largest absolute Gasteiger partial charge is 0.349 e. The highest BCUT2D eigenvalue weighted by Crippen LogP contribution is 2.16. The van der Waals surface area contributed by atoms with E-state index in [-0.39, 0.29) is 11.4 Å². The van der Waals surface area contributed by atoms with Crippen molar-refractivity contribution in [3.8, 4) is 0 Å². The van der Waals surface area contributed by atoms with Crippen molar-refractivity contribution in [3.05, 3.63) is 33.4 Å². The van der Waals surface area contributed by atoms with Gasteiger partial charge in [0, 0.05) is 15.7 Å². The van der Waals surface area contributed by atoms with Crippen LogP contribution in [0.25, 0.3) is 0 Å². The van der Waals surface area contributed by atoms with Crippen molar-refractivity contribution >= 4 is 28.5 Å². The Balaban J connectivity index is 2.63. The maximum atomic E-state index is 12.1. The van der Waals surface area contributed by atoms with E-state index < -0.39 is 0 Å². The van der Waals surface area contributed by atoms with E-state index in [1.807, 2.05) is 31.2 Å². The number of hydrogen-bond acceptors (Lipinski definition) is 2. The molecule has 0 saturated heterocycles. The Bertz CT molecular complexity index is 434. The van der Waals surface area contributed by atoms with E-state index in [1.165, 1.54) is 0 Å². The van der Waals surface area contributed by atoms with Gasteiger partial charge in [0.2, 0.25) is 5.91 Å². The molecular weight excluding hydrogens is 351 g/mol. The second-order valence-corrected chi connectivity index (χ2v) is 6.96. The van der Waals surface area contributed by atoms with E-state index >= 15 is 0 Å². The molecule has 106 valence electrons. The first-order chi connectivity index (χ1) is 8.84. The zero-order valence-corrected chi connectivity index (χ0v) is 14.0. The van der Waals surface area contributed by atoms with Crippen molar-refractivity contribution in [1.29, 1.82) is 0 Å². The van der Waals surface area contributed by atoms with Gasteiger partial charge in [-0.15, -0.1) is 0 Å². The average Bonchev–Trinajstić information content (AvgIpc) is 2.27. The van der Waals surface area contributed by atoms with Crippen LogP contribution in [0.5, 0.6) is 0 Å². The number of benzene rings is 1. The smallest absolute Gasteiger partial charge is 0.224 e. The summed E-state index contributed by atoms with van der Waals surface area (Å²) >= 11 is 2.25. The summed E-state index contributed by atoms with van der Waals surface area (Å²) in [5.41, 5.74) is 6.53. The summed E-state index contributed by atoms with van der Waals surface area (Å²) in [7, 11) is 0. The van der Waals surface area contributed by atoms with Crippen LogP contribution in [0.2, 0.25) is 0 Å². The third kappa shape index (κ3) is 5.91. The third-order valence-corrected chi connectivity index (χ3v) is 3.68. The minimum atomic E-state index is -0.312. The molecular formula is C15H23IN2O. The molecule has 1 amide bonds. The lowest BCUT2D eigenvalue weighted by molar-refractivity contribution is -0.122. The van der Waals surface area contributed by atoms with Crippen LogP contribution < -0.4 is 11.1 Å². The standard InChI is InChI=1S/C15H23IN2O/c1-11(2)9-15(3,10-17)18-14(19)8-12-5-4-6-13(16)7-12/h4-7,11H,8-10,17H2,1-3H3,(H,18,19). The Morgan fingerprint density at radius 3 is 2.68 bits per heavy atom. The van der Waals surface area contributed by atoms with Crippen molar-refractivity contribution in [2.45, 2.75) is 39.2 Å². The highest BCUT2D eigenvalue weighted by atomic mass is 127. The molecule has 0 heterocycles. The summed E-state index contributed by atoms with van der Waals surface area (Å²) in [6, 6.07) is 8.00. The van der Waals surface area contributed by atoms with Crippen LogP contribution in [-0.2, 0) is 11.2 Å². The predicted molar refractivity (Wildman–Crippen MR) is 87.9 cm³/mol. The van der Waals surface area contributed by atoms with Crippen LogP contribution in [0.15, 0.2) is 24.3 Å². The molecule has 3 N–H and O–H groups in total. The molecule has 1 atom stereocenters. The van der Waals surface area contributed by atoms with Gasteiger partial charge in [0.25, 0.3) is 0 Å². The first-order valence-electron chi connectivity index (χ1n) is 6.60. The summed E-state index contributed by atoms with van der Waals surface area (Å²) in [6.07, 6.45) is 1.30. The molecule has 0 radical (unpaired) electrons. The number of carbonyl (C=O) groups is 1. The maximum absolute atomic E-state index is 12.1. The van der Waals surface area contributed by atoms with Gasteiger partial charge in [0.1, 0.15) is 0 Å². The number of amides is 1. The first-order valence-corrected chi connectivity index (χ1v) is 7.68. The second kappa shape index (κ2) is 7.24. The number of nitrogens with one attached hydrogen (secondary N) is 1. The van der Waals surface area contributed by atoms with E-state index in [0.29, 0.717) is 18.9 Å². The van der Waals surface area contributed by atoms with Crippen molar-refractivity contribution in [1.82, 2.24) is 5.32 Å². The minimum Gasteiger partial charge on any atom is -0.349 e. The number of carbonyl (C=O) groups excluding carboxylic acids is 1. The number of halogens is 1. The van der Waals surface area contributed by atoms with E-state index in [0.717, 1.165) is 15.6 Å². The molecule has 0 aliphatic carbocycles. The topological polar surface area (TPSA) is 55.1 Å². The molecule has 0 saturated carbocycles. The molecule has 1 aromatic carbocycles. The number of rotatable bonds is 6. The molecule has 1 rings (SSSR count). The molecule has 4 heteroatoms. The molecule has 19 heavy (non-hydrogen) atoms. The lowest BCUT2D eigenvalue weighted by Gasteiger charge is -2.31. The van der Waals surface area contributed by atoms with Crippen LogP contribution in [-0.4, -0.2) is 18.0 Å². The van der Waals surface area contributed by atoms with Gasteiger partial charge in [-0.25, -0.2) is 0 Å². The van der Waals surface area contributed by atoms with E-state index in [1.54, 1.807) is 0 Å². The quantitative estimate of drug-likeness (QED) is 0.753. The fourth-order valence-corrected chi connectivity index (χ4v) is 2.91. The van der Waals surface area contributed by atoms with E-state index in [2.05, 4.69) is 41.8 Å². The van der Waals surface area contributed by atoms with Crippen molar-refractivity contribution in [2.24, 2.45) is 11.7 Å². The number of hydrogen-bond donors (Lipinski definition) is 2. The molecule has 3 nitrogen and oxygen atoms in total. The third-order valence-electron chi connectivity index (χ3n) is 3.00. The number of nitrogens with two attached hydrogens (primary N) is 1. The van der Waals surface area contributed by atoms with Crippen molar-refractivity contribution < 1.29 is 4.79 Å². The van der Waals surface area contributed by atoms with Gasteiger partial charge >= 0.3 is 0 Å². The Kier molecular flexibility index (Phi) is 6.26.